The third kappa shape index (κ3) is 3.50. The third-order valence-electron chi connectivity index (χ3n) is 2.75. The van der Waals surface area contributed by atoms with E-state index in [4.69, 9.17) is 9.84 Å². The van der Waals surface area contributed by atoms with Gasteiger partial charge in [-0.15, -0.1) is 0 Å². The molecule has 0 saturated heterocycles. The number of phenols is 2. The van der Waals surface area contributed by atoms with Gasteiger partial charge in [0.25, 0.3) is 5.91 Å². The second-order valence-electron chi connectivity index (χ2n) is 4.14. The number of phenolic OH excluding ortho intramolecular Hbond substituents is 2. The summed E-state index contributed by atoms with van der Waals surface area (Å²) in [5, 5.41) is 22.7. The Morgan fingerprint density at radius 1 is 1.19 bits per heavy atom. The van der Waals surface area contributed by atoms with Crippen molar-refractivity contribution >= 4 is 12.1 Å². The van der Waals surface area contributed by atoms with E-state index in [2.05, 4.69) is 10.5 Å². The van der Waals surface area contributed by atoms with E-state index >= 15 is 0 Å². The monoisotopic (exact) mass is 286 g/mol. The van der Waals surface area contributed by atoms with Crippen molar-refractivity contribution in [1.29, 1.82) is 0 Å². The maximum Gasteiger partial charge on any atom is 0.271 e. The second kappa shape index (κ2) is 6.42. The number of ether oxygens (including phenoxy) is 1. The first-order valence-electron chi connectivity index (χ1n) is 6.10. The highest BCUT2D eigenvalue weighted by atomic mass is 16.5. The van der Waals surface area contributed by atoms with E-state index in [9.17, 15) is 9.90 Å². The van der Waals surface area contributed by atoms with E-state index in [0.717, 1.165) is 0 Å². The van der Waals surface area contributed by atoms with E-state index in [1.807, 2.05) is 0 Å². The minimum atomic E-state index is -0.430. The van der Waals surface area contributed by atoms with Gasteiger partial charge in [0.2, 0.25) is 0 Å². The van der Waals surface area contributed by atoms with Crippen LogP contribution in [0.15, 0.2) is 47.6 Å². The van der Waals surface area contributed by atoms with Gasteiger partial charge in [-0.05, 0) is 36.4 Å². The van der Waals surface area contributed by atoms with E-state index in [-0.39, 0.29) is 11.5 Å². The first-order valence-corrected chi connectivity index (χ1v) is 6.10. The highest BCUT2D eigenvalue weighted by Gasteiger charge is 2.06. The lowest BCUT2D eigenvalue weighted by Gasteiger charge is -2.05. The molecule has 6 nitrogen and oxygen atoms in total. The van der Waals surface area contributed by atoms with Gasteiger partial charge in [0.15, 0.2) is 0 Å². The van der Waals surface area contributed by atoms with Crippen LogP contribution in [0.25, 0.3) is 0 Å². The molecule has 2 rings (SSSR count). The SMILES string of the molecule is COc1cccc(O)c1/C=N/NC(=O)c1ccc(O)cc1. The van der Waals surface area contributed by atoms with Gasteiger partial charge < -0.3 is 14.9 Å². The number of hydrazone groups is 1. The van der Waals surface area contributed by atoms with Crippen LogP contribution in [-0.4, -0.2) is 29.4 Å². The summed E-state index contributed by atoms with van der Waals surface area (Å²) in [6, 6.07) is 10.6. The van der Waals surface area contributed by atoms with Crippen LogP contribution in [0, 0.1) is 0 Å². The first kappa shape index (κ1) is 14.4. The highest BCUT2D eigenvalue weighted by Crippen LogP contribution is 2.24. The molecule has 6 heteroatoms. The number of nitrogens with zero attached hydrogens (tertiary/aromatic N) is 1. The van der Waals surface area contributed by atoms with Gasteiger partial charge in [0.1, 0.15) is 17.2 Å². The Morgan fingerprint density at radius 2 is 1.90 bits per heavy atom. The molecule has 21 heavy (non-hydrogen) atoms. The van der Waals surface area contributed by atoms with Crippen LogP contribution in [0.5, 0.6) is 17.2 Å². The summed E-state index contributed by atoms with van der Waals surface area (Å²) >= 11 is 0. The van der Waals surface area contributed by atoms with Crippen molar-refractivity contribution in [2.45, 2.75) is 0 Å². The molecule has 0 aliphatic rings. The summed E-state index contributed by atoms with van der Waals surface area (Å²) in [6.07, 6.45) is 1.30. The van der Waals surface area contributed by atoms with Crippen molar-refractivity contribution in [3.8, 4) is 17.2 Å². The summed E-state index contributed by atoms with van der Waals surface area (Å²) in [7, 11) is 1.47. The van der Waals surface area contributed by atoms with Crippen molar-refractivity contribution in [2.75, 3.05) is 7.11 Å². The normalized spacial score (nSPS) is 10.5. The van der Waals surface area contributed by atoms with Crippen LogP contribution in [-0.2, 0) is 0 Å². The molecule has 0 heterocycles. The fourth-order valence-corrected chi connectivity index (χ4v) is 1.67. The van der Waals surface area contributed by atoms with Crippen LogP contribution < -0.4 is 10.2 Å². The van der Waals surface area contributed by atoms with E-state index in [1.54, 1.807) is 12.1 Å². The summed E-state index contributed by atoms with van der Waals surface area (Å²) in [5.41, 5.74) is 3.05. The largest absolute Gasteiger partial charge is 0.508 e. The maximum atomic E-state index is 11.8. The minimum Gasteiger partial charge on any atom is -0.508 e. The van der Waals surface area contributed by atoms with Crippen molar-refractivity contribution in [2.24, 2.45) is 5.10 Å². The number of aromatic hydroxyl groups is 2. The molecular formula is C15H14N2O4. The fraction of sp³-hybridized carbons (Fsp3) is 0.0667. The molecule has 0 atom stereocenters. The quantitative estimate of drug-likeness (QED) is 0.591. The van der Waals surface area contributed by atoms with Gasteiger partial charge in [-0.1, -0.05) is 6.07 Å². The minimum absolute atomic E-state index is 0.00279. The molecule has 0 spiro atoms. The van der Waals surface area contributed by atoms with E-state index in [1.165, 1.54) is 43.7 Å². The Hall–Kier alpha value is -3.02. The number of methoxy groups -OCH3 is 1. The lowest BCUT2D eigenvalue weighted by molar-refractivity contribution is 0.0955. The standard InChI is InChI=1S/C15H14N2O4/c1-21-14-4-2-3-13(19)12(14)9-16-17-15(20)10-5-7-11(18)8-6-10/h2-9,18-19H,1H3,(H,17,20)/b16-9+. The first-order chi connectivity index (χ1) is 10.1. The molecule has 1 amide bonds. The smallest absolute Gasteiger partial charge is 0.271 e. The summed E-state index contributed by atoms with van der Waals surface area (Å²) in [6.45, 7) is 0. The number of amides is 1. The van der Waals surface area contributed by atoms with Crippen molar-refractivity contribution in [1.82, 2.24) is 5.43 Å². The van der Waals surface area contributed by atoms with Crippen LogP contribution >= 0.6 is 0 Å². The van der Waals surface area contributed by atoms with Crippen molar-refractivity contribution < 1.29 is 19.7 Å². The molecule has 0 radical (unpaired) electrons. The molecular weight excluding hydrogens is 272 g/mol. The van der Waals surface area contributed by atoms with Crippen LogP contribution in [0.1, 0.15) is 15.9 Å². The average molecular weight is 286 g/mol. The molecule has 0 saturated carbocycles. The number of carbonyl (C=O) groups is 1. The Balaban J connectivity index is 2.09. The van der Waals surface area contributed by atoms with E-state index < -0.39 is 5.91 Å². The molecule has 0 aliphatic carbocycles. The summed E-state index contributed by atoms with van der Waals surface area (Å²) in [4.78, 5) is 11.8. The van der Waals surface area contributed by atoms with E-state index in [0.29, 0.717) is 16.9 Å². The molecule has 0 aliphatic heterocycles. The zero-order chi connectivity index (χ0) is 15.2. The number of benzene rings is 2. The van der Waals surface area contributed by atoms with Gasteiger partial charge in [0.05, 0.1) is 18.9 Å². The van der Waals surface area contributed by atoms with Gasteiger partial charge in [-0.3, -0.25) is 4.79 Å². The second-order valence-corrected chi connectivity index (χ2v) is 4.14. The zero-order valence-corrected chi connectivity index (χ0v) is 11.3. The summed E-state index contributed by atoms with van der Waals surface area (Å²) < 4.78 is 5.09. The molecule has 0 unspecified atom stereocenters. The van der Waals surface area contributed by atoms with Gasteiger partial charge >= 0.3 is 0 Å². The molecule has 0 bridgehead atoms. The van der Waals surface area contributed by atoms with Gasteiger partial charge in [0, 0.05) is 5.56 Å². The number of carbonyl (C=O) groups excluding carboxylic acids is 1. The number of rotatable bonds is 4. The van der Waals surface area contributed by atoms with Crippen molar-refractivity contribution in [3.63, 3.8) is 0 Å². The highest BCUT2D eigenvalue weighted by molar-refractivity contribution is 5.95. The Bertz CT molecular complexity index is 666. The van der Waals surface area contributed by atoms with Gasteiger partial charge in [-0.2, -0.15) is 5.10 Å². The van der Waals surface area contributed by atoms with Crippen LogP contribution in [0.3, 0.4) is 0 Å². The van der Waals surface area contributed by atoms with Crippen molar-refractivity contribution in [3.05, 3.63) is 53.6 Å². The lowest BCUT2D eigenvalue weighted by Crippen LogP contribution is -2.17. The Labute approximate surface area is 121 Å². The molecule has 2 aromatic rings. The van der Waals surface area contributed by atoms with Crippen LogP contribution in [0.2, 0.25) is 0 Å². The zero-order valence-electron chi connectivity index (χ0n) is 11.3. The molecule has 2 aromatic carbocycles. The Morgan fingerprint density at radius 3 is 2.57 bits per heavy atom. The van der Waals surface area contributed by atoms with Gasteiger partial charge in [-0.25, -0.2) is 5.43 Å². The predicted octanol–water partition coefficient (Wildman–Crippen LogP) is 1.87. The number of hydrogen-bond donors (Lipinski definition) is 3. The summed E-state index contributed by atoms with van der Waals surface area (Å²) in [5.74, 6) is 0.0873. The fourth-order valence-electron chi connectivity index (χ4n) is 1.67. The average Bonchev–Trinajstić information content (AvgIpc) is 2.49. The Kier molecular flexibility index (Phi) is 4.40. The molecule has 0 aromatic heterocycles. The predicted molar refractivity (Wildman–Crippen MR) is 77.8 cm³/mol. The third-order valence-corrected chi connectivity index (χ3v) is 2.75. The van der Waals surface area contributed by atoms with Crippen LogP contribution in [0.4, 0.5) is 0 Å². The lowest BCUT2D eigenvalue weighted by atomic mass is 10.2. The maximum absolute atomic E-state index is 11.8. The molecule has 0 fully saturated rings. The molecule has 3 N–H and O–H groups in total. The number of hydrogen-bond acceptors (Lipinski definition) is 5. The topological polar surface area (TPSA) is 91.2 Å². The molecule has 108 valence electrons. The number of nitrogens with one attached hydrogen (secondary N) is 1.